The van der Waals surface area contributed by atoms with Gasteiger partial charge in [-0.1, -0.05) is 64.9 Å². The van der Waals surface area contributed by atoms with Crippen LogP contribution in [0, 0.1) is 6.92 Å². The Hall–Kier alpha value is -0.980. The van der Waals surface area contributed by atoms with Crippen molar-refractivity contribution >= 4 is 0 Å². The van der Waals surface area contributed by atoms with Crippen LogP contribution in [-0.4, -0.2) is 5.11 Å². The van der Waals surface area contributed by atoms with Gasteiger partial charge in [0.2, 0.25) is 0 Å². The van der Waals surface area contributed by atoms with E-state index in [9.17, 15) is 5.11 Å². The summed E-state index contributed by atoms with van der Waals surface area (Å²) >= 11 is 0. The zero-order valence-electron chi connectivity index (χ0n) is 14.4. The molecule has 0 bridgehead atoms. The molecule has 0 amide bonds. The first-order chi connectivity index (χ1) is 10.2. The zero-order chi connectivity index (χ0) is 15.5. The van der Waals surface area contributed by atoms with E-state index >= 15 is 0 Å². The maximum Gasteiger partial charge on any atom is 0.119 e. The third-order valence-electron chi connectivity index (χ3n) is 4.45. The van der Waals surface area contributed by atoms with E-state index in [1.54, 1.807) is 0 Å². The van der Waals surface area contributed by atoms with Crippen LogP contribution in [0.15, 0.2) is 12.1 Å². The highest BCUT2D eigenvalue weighted by atomic mass is 16.3. The van der Waals surface area contributed by atoms with Crippen LogP contribution in [0.3, 0.4) is 0 Å². The van der Waals surface area contributed by atoms with Crippen molar-refractivity contribution in [3.05, 3.63) is 28.8 Å². The van der Waals surface area contributed by atoms with Crippen molar-refractivity contribution < 1.29 is 5.11 Å². The number of hydrogen-bond acceptors (Lipinski definition) is 1. The number of phenols is 1. The molecule has 1 N–H and O–H groups in total. The van der Waals surface area contributed by atoms with Gasteiger partial charge in [-0.3, -0.25) is 0 Å². The predicted molar refractivity (Wildman–Crippen MR) is 93.2 cm³/mol. The molecule has 0 atom stereocenters. The molecule has 0 fully saturated rings. The summed E-state index contributed by atoms with van der Waals surface area (Å²) in [4.78, 5) is 0. The molecule has 1 heteroatoms. The molecule has 0 radical (unpaired) electrons. The van der Waals surface area contributed by atoms with Crippen molar-refractivity contribution in [2.45, 2.75) is 91.4 Å². The zero-order valence-corrected chi connectivity index (χ0v) is 14.4. The summed E-state index contributed by atoms with van der Waals surface area (Å²) in [6, 6.07) is 3.96. The van der Waals surface area contributed by atoms with Crippen LogP contribution in [0.2, 0.25) is 0 Å². The van der Waals surface area contributed by atoms with Crippen molar-refractivity contribution in [3.8, 4) is 5.75 Å². The van der Waals surface area contributed by atoms with Crippen molar-refractivity contribution in [2.75, 3.05) is 0 Å². The van der Waals surface area contributed by atoms with E-state index in [1.165, 1.54) is 74.5 Å². The van der Waals surface area contributed by atoms with Gasteiger partial charge < -0.3 is 5.11 Å². The topological polar surface area (TPSA) is 20.2 Å². The van der Waals surface area contributed by atoms with Gasteiger partial charge in [0.05, 0.1) is 0 Å². The third kappa shape index (κ3) is 6.54. The Morgan fingerprint density at radius 3 is 1.86 bits per heavy atom. The molecule has 0 aromatic heterocycles. The highest BCUT2D eigenvalue weighted by Gasteiger charge is 2.10. The van der Waals surface area contributed by atoms with Crippen LogP contribution >= 0.6 is 0 Å². The number of rotatable bonds is 11. The van der Waals surface area contributed by atoms with E-state index in [0.717, 1.165) is 12.8 Å². The molecule has 0 aliphatic heterocycles. The lowest BCUT2D eigenvalue weighted by molar-refractivity contribution is 0.464. The highest BCUT2D eigenvalue weighted by Crippen LogP contribution is 2.28. The molecule has 0 saturated carbocycles. The van der Waals surface area contributed by atoms with E-state index in [2.05, 4.69) is 26.8 Å². The van der Waals surface area contributed by atoms with Crippen molar-refractivity contribution in [1.82, 2.24) is 0 Å². The fourth-order valence-electron chi connectivity index (χ4n) is 3.06. The van der Waals surface area contributed by atoms with Gasteiger partial charge in [0.15, 0.2) is 0 Å². The normalized spacial score (nSPS) is 11.0. The number of aromatic hydroxyl groups is 1. The Kier molecular flexibility index (Phi) is 9.21. The van der Waals surface area contributed by atoms with Crippen molar-refractivity contribution in [2.24, 2.45) is 0 Å². The minimum atomic E-state index is 0.515. The molecule has 1 nitrogen and oxygen atoms in total. The van der Waals surface area contributed by atoms with Gasteiger partial charge in [0.25, 0.3) is 0 Å². The van der Waals surface area contributed by atoms with Crippen LogP contribution in [0.5, 0.6) is 5.75 Å². The second-order valence-electron chi connectivity index (χ2n) is 6.33. The molecule has 0 aliphatic rings. The Labute approximate surface area is 131 Å². The fourth-order valence-corrected chi connectivity index (χ4v) is 3.06. The number of hydrogen-bond donors (Lipinski definition) is 1. The summed E-state index contributed by atoms with van der Waals surface area (Å²) in [6.07, 6.45) is 13.8. The maximum absolute atomic E-state index is 10.2. The standard InChI is InChI=1S/C20H34O/c1-4-6-8-10-12-14-19-18(13-11-9-7-5-2)17(3)15-16-20(19)21/h15-16,21H,4-14H2,1-3H3. The summed E-state index contributed by atoms with van der Waals surface area (Å²) in [5, 5.41) is 10.2. The largest absolute Gasteiger partial charge is 0.508 e. The van der Waals surface area contributed by atoms with E-state index in [1.807, 2.05) is 6.07 Å². The maximum atomic E-state index is 10.2. The average molecular weight is 290 g/mol. The van der Waals surface area contributed by atoms with Crippen molar-refractivity contribution in [1.29, 1.82) is 0 Å². The second-order valence-corrected chi connectivity index (χ2v) is 6.33. The number of benzene rings is 1. The summed E-state index contributed by atoms with van der Waals surface area (Å²) in [5.41, 5.74) is 4.00. The monoisotopic (exact) mass is 290 g/mol. The molecule has 0 spiro atoms. The van der Waals surface area contributed by atoms with Gasteiger partial charge in [0, 0.05) is 0 Å². The molecule has 0 heterocycles. The van der Waals surface area contributed by atoms with Crippen LogP contribution in [0.25, 0.3) is 0 Å². The van der Waals surface area contributed by atoms with Gasteiger partial charge in [-0.2, -0.15) is 0 Å². The number of unbranched alkanes of at least 4 members (excludes halogenated alkanes) is 7. The quantitative estimate of drug-likeness (QED) is 0.472. The van der Waals surface area contributed by atoms with Crippen LogP contribution in [0.1, 0.15) is 88.3 Å². The van der Waals surface area contributed by atoms with Gasteiger partial charge in [-0.25, -0.2) is 0 Å². The molecule has 0 aliphatic carbocycles. The van der Waals surface area contributed by atoms with E-state index in [0.29, 0.717) is 5.75 Å². The SMILES string of the molecule is CCCCCCCc1c(O)ccc(C)c1CCCCCC. The smallest absolute Gasteiger partial charge is 0.119 e. The highest BCUT2D eigenvalue weighted by molar-refractivity contribution is 5.44. The molecule has 1 aromatic carbocycles. The summed E-state index contributed by atoms with van der Waals surface area (Å²) < 4.78 is 0. The first-order valence-corrected chi connectivity index (χ1v) is 9.01. The molecule has 21 heavy (non-hydrogen) atoms. The van der Waals surface area contributed by atoms with E-state index in [-0.39, 0.29) is 0 Å². The molecular weight excluding hydrogens is 256 g/mol. The Morgan fingerprint density at radius 2 is 1.24 bits per heavy atom. The molecule has 120 valence electrons. The molecule has 0 unspecified atom stereocenters. The number of aryl methyl sites for hydroxylation is 1. The molecule has 1 rings (SSSR count). The van der Waals surface area contributed by atoms with Gasteiger partial charge in [-0.15, -0.1) is 0 Å². The van der Waals surface area contributed by atoms with Crippen LogP contribution in [0.4, 0.5) is 0 Å². The van der Waals surface area contributed by atoms with Gasteiger partial charge >= 0.3 is 0 Å². The summed E-state index contributed by atoms with van der Waals surface area (Å²) in [6.45, 7) is 6.69. The Balaban J connectivity index is 2.60. The Bertz CT molecular complexity index is 395. The van der Waals surface area contributed by atoms with Crippen molar-refractivity contribution in [3.63, 3.8) is 0 Å². The van der Waals surface area contributed by atoms with Gasteiger partial charge in [-0.05, 0) is 55.4 Å². The second kappa shape index (κ2) is 10.7. The first kappa shape index (κ1) is 18.1. The molecule has 0 saturated heterocycles. The lowest BCUT2D eigenvalue weighted by atomic mass is 9.92. The van der Waals surface area contributed by atoms with Crippen LogP contribution in [-0.2, 0) is 12.8 Å². The van der Waals surface area contributed by atoms with Gasteiger partial charge in [0.1, 0.15) is 5.75 Å². The Morgan fingerprint density at radius 1 is 0.714 bits per heavy atom. The lowest BCUT2D eigenvalue weighted by Gasteiger charge is -2.15. The minimum Gasteiger partial charge on any atom is -0.508 e. The van der Waals surface area contributed by atoms with E-state index in [4.69, 9.17) is 0 Å². The summed E-state index contributed by atoms with van der Waals surface area (Å²) in [5.74, 6) is 0.515. The third-order valence-corrected chi connectivity index (χ3v) is 4.45. The van der Waals surface area contributed by atoms with E-state index < -0.39 is 0 Å². The average Bonchev–Trinajstić information content (AvgIpc) is 2.48. The fraction of sp³-hybridized carbons (Fsp3) is 0.700. The first-order valence-electron chi connectivity index (χ1n) is 9.01. The predicted octanol–water partition coefficient (Wildman–Crippen LogP) is 6.34. The minimum absolute atomic E-state index is 0.515. The lowest BCUT2D eigenvalue weighted by Crippen LogP contribution is -1.99. The molecular formula is C20H34O. The number of phenolic OH excluding ortho intramolecular Hbond substituents is 1. The summed E-state index contributed by atoms with van der Waals surface area (Å²) in [7, 11) is 0. The molecule has 1 aromatic rings. The van der Waals surface area contributed by atoms with Crippen LogP contribution < -0.4 is 0 Å².